The summed E-state index contributed by atoms with van der Waals surface area (Å²) in [7, 11) is 0. The van der Waals surface area contributed by atoms with E-state index in [2.05, 4.69) is 0 Å². The first-order valence-electron chi connectivity index (χ1n) is 9.87. The Bertz CT molecular complexity index is 974. The first-order chi connectivity index (χ1) is 14.9. The second kappa shape index (κ2) is 11.3. The Morgan fingerprint density at radius 3 is 2.48 bits per heavy atom. The summed E-state index contributed by atoms with van der Waals surface area (Å²) in [6, 6.07) is 15.0. The van der Waals surface area contributed by atoms with Crippen LogP contribution >= 0.6 is 35.6 Å². The molecule has 0 unspecified atom stereocenters. The van der Waals surface area contributed by atoms with Crippen LogP contribution in [0.5, 0.6) is 5.75 Å². The minimum Gasteiger partial charge on any atom is -0.489 e. The average molecular weight is 476 g/mol. The van der Waals surface area contributed by atoms with E-state index < -0.39 is 5.97 Å². The molecule has 31 heavy (non-hydrogen) atoms. The maximum atomic E-state index is 12.7. The molecule has 0 spiro atoms. The third kappa shape index (κ3) is 7.09. The molecule has 162 valence electrons. The van der Waals surface area contributed by atoms with E-state index in [9.17, 15) is 9.59 Å². The van der Waals surface area contributed by atoms with E-state index in [0.717, 1.165) is 29.7 Å². The van der Waals surface area contributed by atoms with Crippen molar-refractivity contribution in [3.05, 3.63) is 69.6 Å². The van der Waals surface area contributed by atoms with Crippen molar-refractivity contribution >= 4 is 57.9 Å². The van der Waals surface area contributed by atoms with E-state index in [0.29, 0.717) is 33.8 Å². The van der Waals surface area contributed by atoms with Crippen molar-refractivity contribution in [1.29, 1.82) is 0 Å². The topological polar surface area (TPSA) is 66.8 Å². The van der Waals surface area contributed by atoms with Gasteiger partial charge in [0.05, 0.1) is 4.91 Å². The normalized spacial score (nSPS) is 15.0. The fourth-order valence-corrected chi connectivity index (χ4v) is 4.41. The third-order valence-corrected chi connectivity index (χ3v) is 6.27. The van der Waals surface area contributed by atoms with Gasteiger partial charge in [-0.05, 0) is 54.3 Å². The summed E-state index contributed by atoms with van der Waals surface area (Å²) >= 11 is 12.5. The lowest BCUT2D eigenvalue weighted by Gasteiger charge is -2.13. The molecule has 3 rings (SSSR count). The predicted molar refractivity (Wildman–Crippen MR) is 128 cm³/mol. The van der Waals surface area contributed by atoms with Gasteiger partial charge >= 0.3 is 5.97 Å². The van der Waals surface area contributed by atoms with Crippen LogP contribution in [0.25, 0.3) is 6.08 Å². The summed E-state index contributed by atoms with van der Waals surface area (Å²) in [6.45, 7) is 0.959. The summed E-state index contributed by atoms with van der Waals surface area (Å²) in [6.07, 6.45) is 4.06. The molecule has 0 bridgehead atoms. The van der Waals surface area contributed by atoms with Gasteiger partial charge in [0.15, 0.2) is 0 Å². The van der Waals surface area contributed by atoms with Gasteiger partial charge in [-0.25, -0.2) is 0 Å². The molecule has 8 heteroatoms. The SMILES string of the molecule is O=C(O)CCCCCN1C(=O)/C(=C/c2ccc(OCc3ccc(Cl)cc3)cc2)SC1=S. The number of unbranched alkanes of at least 4 members (excludes halogenated alkanes) is 2. The van der Waals surface area contributed by atoms with Crippen LogP contribution in [0.2, 0.25) is 5.02 Å². The highest BCUT2D eigenvalue weighted by atomic mass is 35.5. The molecule has 5 nitrogen and oxygen atoms in total. The van der Waals surface area contributed by atoms with Gasteiger partial charge in [-0.3, -0.25) is 14.5 Å². The summed E-state index contributed by atoms with van der Waals surface area (Å²) < 4.78 is 6.33. The Morgan fingerprint density at radius 1 is 1.10 bits per heavy atom. The Labute approximate surface area is 196 Å². The summed E-state index contributed by atoms with van der Waals surface area (Å²) in [4.78, 5) is 25.4. The predicted octanol–water partition coefficient (Wildman–Crippen LogP) is 5.77. The van der Waals surface area contributed by atoms with Crippen LogP contribution < -0.4 is 4.74 Å². The smallest absolute Gasteiger partial charge is 0.303 e. The minimum atomic E-state index is -0.796. The number of ether oxygens (including phenoxy) is 1. The molecule has 1 aliphatic heterocycles. The highest BCUT2D eigenvalue weighted by Crippen LogP contribution is 2.33. The molecule has 0 aliphatic carbocycles. The van der Waals surface area contributed by atoms with Gasteiger partial charge in [-0.2, -0.15) is 0 Å². The zero-order chi connectivity index (χ0) is 22.2. The lowest BCUT2D eigenvalue weighted by molar-refractivity contribution is -0.137. The lowest BCUT2D eigenvalue weighted by Crippen LogP contribution is -2.29. The number of carboxylic acid groups (broad SMARTS) is 1. The average Bonchev–Trinajstić information content (AvgIpc) is 3.01. The van der Waals surface area contributed by atoms with Crippen molar-refractivity contribution in [3.63, 3.8) is 0 Å². The summed E-state index contributed by atoms with van der Waals surface area (Å²) in [5.74, 6) is -0.160. The van der Waals surface area contributed by atoms with E-state index in [4.69, 9.17) is 33.7 Å². The van der Waals surface area contributed by atoms with Gasteiger partial charge in [-0.1, -0.05) is 66.3 Å². The van der Waals surface area contributed by atoms with Crippen molar-refractivity contribution in [1.82, 2.24) is 4.90 Å². The molecule has 2 aromatic carbocycles. The van der Waals surface area contributed by atoms with E-state index >= 15 is 0 Å². The van der Waals surface area contributed by atoms with Crippen LogP contribution in [0.1, 0.15) is 36.8 Å². The number of carboxylic acids is 1. The van der Waals surface area contributed by atoms with Gasteiger partial charge in [0, 0.05) is 18.0 Å². The molecule has 0 saturated carbocycles. The van der Waals surface area contributed by atoms with Gasteiger partial charge in [0.1, 0.15) is 16.7 Å². The quantitative estimate of drug-likeness (QED) is 0.267. The van der Waals surface area contributed by atoms with Crippen LogP contribution in [0, 0.1) is 0 Å². The zero-order valence-corrected chi connectivity index (χ0v) is 19.1. The molecular weight excluding hydrogens is 454 g/mol. The van der Waals surface area contributed by atoms with E-state index in [1.54, 1.807) is 4.90 Å². The molecule has 0 atom stereocenters. The van der Waals surface area contributed by atoms with Gasteiger partial charge < -0.3 is 9.84 Å². The Hall–Kier alpha value is -2.35. The Morgan fingerprint density at radius 2 is 1.81 bits per heavy atom. The van der Waals surface area contributed by atoms with Crippen molar-refractivity contribution < 1.29 is 19.4 Å². The van der Waals surface area contributed by atoms with Gasteiger partial charge in [0.2, 0.25) is 0 Å². The number of nitrogens with zero attached hydrogens (tertiary/aromatic N) is 1. The Balaban J connectivity index is 1.52. The third-order valence-electron chi connectivity index (χ3n) is 4.64. The molecule has 0 aromatic heterocycles. The number of carbonyl (C=O) groups excluding carboxylic acids is 1. The molecule has 1 aliphatic rings. The molecule has 1 N–H and O–H groups in total. The van der Waals surface area contributed by atoms with Gasteiger partial charge in [-0.15, -0.1) is 0 Å². The molecule has 1 fully saturated rings. The van der Waals surface area contributed by atoms with Crippen LogP contribution in [-0.4, -0.2) is 32.7 Å². The maximum absolute atomic E-state index is 12.7. The molecule has 1 amide bonds. The number of benzene rings is 2. The number of rotatable bonds is 10. The summed E-state index contributed by atoms with van der Waals surface area (Å²) in [5.41, 5.74) is 1.92. The molecule has 1 saturated heterocycles. The fraction of sp³-hybridized carbons (Fsp3) is 0.261. The largest absolute Gasteiger partial charge is 0.489 e. The summed E-state index contributed by atoms with van der Waals surface area (Å²) in [5, 5.41) is 9.37. The van der Waals surface area contributed by atoms with Gasteiger partial charge in [0.25, 0.3) is 5.91 Å². The van der Waals surface area contributed by atoms with Crippen molar-refractivity contribution in [3.8, 4) is 5.75 Å². The van der Waals surface area contributed by atoms with Crippen LogP contribution in [-0.2, 0) is 16.2 Å². The van der Waals surface area contributed by atoms with E-state index in [1.165, 1.54) is 11.8 Å². The number of amides is 1. The van der Waals surface area contributed by atoms with Crippen LogP contribution in [0.3, 0.4) is 0 Å². The highest BCUT2D eigenvalue weighted by Gasteiger charge is 2.31. The Kier molecular flexibility index (Phi) is 8.51. The first-order valence-corrected chi connectivity index (χ1v) is 11.5. The van der Waals surface area contributed by atoms with Crippen molar-refractivity contribution in [2.24, 2.45) is 0 Å². The van der Waals surface area contributed by atoms with E-state index in [1.807, 2.05) is 54.6 Å². The fourth-order valence-electron chi connectivity index (χ4n) is 2.97. The number of hydrogen-bond donors (Lipinski definition) is 1. The zero-order valence-electron chi connectivity index (χ0n) is 16.8. The second-order valence-electron chi connectivity index (χ2n) is 7.02. The number of thiocarbonyl (C=S) groups is 1. The molecule has 0 radical (unpaired) electrons. The first kappa shape index (κ1) is 23.3. The number of thioether (sulfide) groups is 1. The number of aliphatic carboxylic acids is 1. The number of carbonyl (C=O) groups is 2. The second-order valence-corrected chi connectivity index (χ2v) is 9.13. The number of hydrogen-bond acceptors (Lipinski definition) is 5. The molecule has 2 aromatic rings. The monoisotopic (exact) mass is 475 g/mol. The standard InChI is InChI=1S/C23H22ClNO4S2/c24-18-9-5-17(6-10-18)15-29-19-11-7-16(8-12-19)14-20-22(28)25(23(30)31-20)13-3-1-2-4-21(26)27/h5-12,14H,1-4,13,15H2,(H,26,27)/b20-14-. The highest BCUT2D eigenvalue weighted by molar-refractivity contribution is 8.26. The van der Waals surface area contributed by atoms with Crippen LogP contribution in [0.4, 0.5) is 0 Å². The minimum absolute atomic E-state index is 0.101. The van der Waals surface area contributed by atoms with Crippen molar-refractivity contribution in [2.75, 3.05) is 6.54 Å². The van der Waals surface area contributed by atoms with E-state index in [-0.39, 0.29) is 12.3 Å². The maximum Gasteiger partial charge on any atom is 0.303 e. The molecular formula is C23H22ClNO4S2. The number of halogens is 1. The molecule has 1 heterocycles. The van der Waals surface area contributed by atoms with Crippen LogP contribution in [0.15, 0.2) is 53.4 Å². The lowest BCUT2D eigenvalue weighted by atomic mass is 10.2. The van der Waals surface area contributed by atoms with Crippen molar-refractivity contribution in [2.45, 2.75) is 32.3 Å².